The van der Waals surface area contributed by atoms with Gasteiger partial charge in [-0.05, 0) is 36.2 Å². The summed E-state index contributed by atoms with van der Waals surface area (Å²) in [5.74, 6) is 0.403. The Morgan fingerprint density at radius 1 is 1.03 bits per heavy atom. The van der Waals surface area contributed by atoms with E-state index in [2.05, 4.69) is 10.3 Å². The van der Waals surface area contributed by atoms with Crippen molar-refractivity contribution in [3.63, 3.8) is 0 Å². The quantitative estimate of drug-likeness (QED) is 0.478. The first-order valence-corrected chi connectivity index (χ1v) is 9.46. The van der Waals surface area contributed by atoms with Gasteiger partial charge in [0.05, 0.1) is 5.69 Å². The second kappa shape index (κ2) is 8.48. The average molecular weight is 386 g/mol. The summed E-state index contributed by atoms with van der Waals surface area (Å²) >= 11 is 0. The van der Waals surface area contributed by atoms with E-state index in [9.17, 15) is 4.79 Å². The van der Waals surface area contributed by atoms with Crippen molar-refractivity contribution in [1.29, 1.82) is 0 Å². The van der Waals surface area contributed by atoms with E-state index in [1.165, 1.54) is 5.56 Å². The number of carbonyl (C=O) groups is 1. The van der Waals surface area contributed by atoms with Crippen LogP contribution in [-0.2, 0) is 11.2 Å². The molecule has 0 saturated carbocycles. The number of hydrogen-bond acceptors (Lipinski definition) is 4. The third-order valence-corrected chi connectivity index (χ3v) is 4.59. The zero-order chi connectivity index (χ0) is 20.1. The highest BCUT2D eigenvalue weighted by Crippen LogP contribution is 2.25. The predicted octanol–water partition coefficient (Wildman–Crippen LogP) is 3.32. The molecule has 4 rings (SSSR count). The Morgan fingerprint density at radius 3 is 2.62 bits per heavy atom. The monoisotopic (exact) mass is 386 g/mol. The summed E-state index contributed by atoms with van der Waals surface area (Å²) in [6.45, 7) is 0.513. The molecule has 3 N–H and O–H groups in total. The molecule has 0 spiro atoms. The van der Waals surface area contributed by atoms with Gasteiger partial charge in [-0.2, -0.15) is 0 Å². The molecule has 0 fully saturated rings. The second-order valence-corrected chi connectivity index (χ2v) is 6.73. The maximum absolute atomic E-state index is 12.1. The van der Waals surface area contributed by atoms with Crippen molar-refractivity contribution < 1.29 is 9.53 Å². The van der Waals surface area contributed by atoms with E-state index in [0.29, 0.717) is 23.6 Å². The SMILES string of the molecule is Nc1ccc(-c2cn3cccc(OCC(=O)NCCc4ccccc4)c3n2)cc1. The van der Waals surface area contributed by atoms with Crippen LogP contribution in [0.5, 0.6) is 5.75 Å². The fourth-order valence-electron chi connectivity index (χ4n) is 3.08. The minimum atomic E-state index is -0.159. The van der Waals surface area contributed by atoms with Crippen LogP contribution in [0.15, 0.2) is 79.1 Å². The van der Waals surface area contributed by atoms with E-state index < -0.39 is 0 Å². The molecule has 4 aromatic rings. The first kappa shape index (κ1) is 18.6. The third kappa shape index (κ3) is 4.55. The van der Waals surface area contributed by atoms with Crippen molar-refractivity contribution in [1.82, 2.24) is 14.7 Å². The molecular formula is C23H22N4O2. The highest BCUT2D eigenvalue weighted by molar-refractivity contribution is 5.78. The maximum atomic E-state index is 12.1. The summed E-state index contributed by atoms with van der Waals surface area (Å²) in [4.78, 5) is 16.8. The van der Waals surface area contributed by atoms with Gasteiger partial charge in [-0.3, -0.25) is 4.79 Å². The number of nitrogen functional groups attached to an aromatic ring is 1. The first-order chi connectivity index (χ1) is 14.2. The van der Waals surface area contributed by atoms with Crippen LogP contribution in [0.25, 0.3) is 16.9 Å². The molecule has 0 radical (unpaired) electrons. The molecule has 0 bridgehead atoms. The van der Waals surface area contributed by atoms with Gasteiger partial charge in [0, 0.05) is 30.2 Å². The number of pyridine rings is 1. The zero-order valence-electron chi connectivity index (χ0n) is 15.9. The summed E-state index contributed by atoms with van der Waals surface area (Å²) in [6, 6.07) is 21.3. The summed E-state index contributed by atoms with van der Waals surface area (Å²) < 4.78 is 7.62. The summed E-state index contributed by atoms with van der Waals surface area (Å²) in [5, 5.41) is 2.88. The molecule has 0 unspecified atom stereocenters. The van der Waals surface area contributed by atoms with E-state index in [4.69, 9.17) is 10.5 Å². The Bertz CT molecular complexity index is 1100. The number of ether oxygens (including phenoxy) is 1. The number of nitrogens with two attached hydrogens (primary N) is 1. The molecule has 29 heavy (non-hydrogen) atoms. The molecule has 2 aromatic carbocycles. The van der Waals surface area contributed by atoms with Crippen molar-refractivity contribution in [3.8, 4) is 17.0 Å². The molecule has 0 aliphatic rings. The highest BCUT2D eigenvalue weighted by Gasteiger charge is 2.10. The number of imidazole rings is 1. The van der Waals surface area contributed by atoms with E-state index in [0.717, 1.165) is 17.7 Å². The second-order valence-electron chi connectivity index (χ2n) is 6.73. The molecule has 6 nitrogen and oxygen atoms in total. The topological polar surface area (TPSA) is 81.6 Å². The van der Waals surface area contributed by atoms with E-state index in [-0.39, 0.29) is 12.5 Å². The van der Waals surface area contributed by atoms with Gasteiger partial charge in [0.15, 0.2) is 18.0 Å². The van der Waals surface area contributed by atoms with Gasteiger partial charge < -0.3 is 20.2 Å². The number of carbonyl (C=O) groups excluding carboxylic acids is 1. The zero-order valence-corrected chi connectivity index (χ0v) is 15.9. The van der Waals surface area contributed by atoms with Crippen molar-refractivity contribution in [2.45, 2.75) is 6.42 Å². The molecule has 2 heterocycles. The molecule has 0 saturated heterocycles. The van der Waals surface area contributed by atoms with Gasteiger partial charge in [-0.25, -0.2) is 4.98 Å². The first-order valence-electron chi connectivity index (χ1n) is 9.46. The van der Waals surface area contributed by atoms with Crippen molar-refractivity contribution in [2.75, 3.05) is 18.9 Å². The molecule has 146 valence electrons. The van der Waals surface area contributed by atoms with Gasteiger partial charge >= 0.3 is 0 Å². The number of benzene rings is 2. The van der Waals surface area contributed by atoms with Crippen molar-refractivity contribution in [3.05, 3.63) is 84.7 Å². The maximum Gasteiger partial charge on any atom is 0.257 e. The fraction of sp³-hybridized carbons (Fsp3) is 0.130. The van der Waals surface area contributed by atoms with Crippen LogP contribution < -0.4 is 15.8 Å². The normalized spacial score (nSPS) is 10.8. The number of amides is 1. The van der Waals surface area contributed by atoms with Crippen LogP contribution >= 0.6 is 0 Å². The third-order valence-electron chi connectivity index (χ3n) is 4.59. The van der Waals surface area contributed by atoms with Gasteiger partial charge in [-0.15, -0.1) is 0 Å². The molecule has 2 aromatic heterocycles. The Labute approximate surface area is 169 Å². The van der Waals surface area contributed by atoms with Crippen LogP contribution in [0.3, 0.4) is 0 Å². The summed E-state index contributed by atoms with van der Waals surface area (Å²) in [7, 11) is 0. The molecular weight excluding hydrogens is 364 g/mol. The smallest absolute Gasteiger partial charge is 0.257 e. The van der Waals surface area contributed by atoms with E-state index >= 15 is 0 Å². The lowest BCUT2D eigenvalue weighted by atomic mass is 10.1. The summed E-state index contributed by atoms with van der Waals surface area (Å²) in [5.41, 5.74) is 10.1. The van der Waals surface area contributed by atoms with Gasteiger partial charge in [-0.1, -0.05) is 42.5 Å². The number of rotatable bonds is 7. The van der Waals surface area contributed by atoms with Gasteiger partial charge in [0.25, 0.3) is 5.91 Å². The highest BCUT2D eigenvalue weighted by atomic mass is 16.5. The van der Waals surface area contributed by atoms with Crippen LogP contribution in [0.1, 0.15) is 5.56 Å². The van der Waals surface area contributed by atoms with E-state index in [1.54, 1.807) is 0 Å². The van der Waals surface area contributed by atoms with Gasteiger partial charge in [0.1, 0.15) is 0 Å². The average Bonchev–Trinajstić information content (AvgIpc) is 3.18. The number of hydrogen-bond donors (Lipinski definition) is 2. The van der Waals surface area contributed by atoms with Crippen molar-refractivity contribution >= 4 is 17.2 Å². The predicted molar refractivity (Wildman–Crippen MR) is 114 cm³/mol. The van der Waals surface area contributed by atoms with Crippen LogP contribution in [0.2, 0.25) is 0 Å². The largest absolute Gasteiger partial charge is 0.480 e. The Morgan fingerprint density at radius 2 is 1.83 bits per heavy atom. The number of nitrogens with zero attached hydrogens (tertiary/aromatic N) is 2. The minimum Gasteiger partial charge on any atom is -0.480 e. The molecule has 0 aliphatic carbocycles. The van der Waals surface area contributed by atoms with Crippen LogP contribution in [0, 0.1) is 0 Å². The molecule has 0 aliphatic heterocycles. The number of nitrogens with one attached hydrogen (secondary N) is 1. The summed E-state index contributed by atoms with van der Waals surface area (Å²) in [6.07, 6.45) is 4.61. The lowest BCUT2D eigenvalue weighted by Gasteiger charge is -2.08. The van der Waals surface area contributed by atoms with Crippen LogP contribution in [-0.4, -0.2) is 28.4 Å². The Hall–Kier alpha value is -3.80. The Kier molecular flexibility index (Phi) is 5.42. The number of anilines is 1. The van der Waals surface area contributed by atoms with Gasteiger partial charge in [0.2, 0.25) is 0 Å². The molecule has 6 heteroatoms. The lowest BCUT2D eigenvalue weighted by molar-refractivity contribution is -0.123. The van der Waals surface area contributed by atoms with E-state index in [1.807, 2.05) is 83.5 Å². The Balaban J connectivity index is 1.39. The molecule has 0 atom stereocenters. The number of aromatic nitrogens is 2. The standard InChI is InChI=1S/C23H22N4O2/c24-19-10-8-18(9-11-19)20-15-27-14-4-7-21(23(27)26-20)29-16-22(28)25-13-12-17-5-2-1-3-6-17/h1-11,14-15H,12-13,16,24H2,(H,25,28). The lowest BCUT2D eigenvalue weighted by Crippen LogP contribution is -2.30. The fourth-order valence-corrected chi connectivity index (χ4v) is 3.08. The minimum absolute atomic E-state index is 0.0570. The van der Waals surface area contributed by atoms with Crippen molar-refractivity contribution in [2.24, 2.45) is 0 Å². The number of fused-ring (bicyclic) bond motifs is 1. The van der Waals surface area contributed by atoms with Crippen LogP contribution in [0.4, 0.5) is 5.69 Å². The molecule has 1 amide bonds.